The second-order valence-electron chi connectivity index (χ2n) is 3.23. The van der Waals surface area contributed by atoms with Crippen molar-refractivity contribution in [2.75, 3.05) is 6.61 Å². The molecule has 5 heteroatoms. The van der Waals surface area contributed by atoms with E-state index in [1.807, 2.05) is 6.92 Å². The van der Waals surface area contributed by atoms with Crippen LogP contribution in [0.4, 0.5) is 4.39 Å². The van der Waals surface area contributed by atoms with E-state index in [4.69, 9.17) is 14.8 Å². The molecule has 0 bridgehead atoms. The van der Waals surface area contributed by atoms with Gasteiger partial charge in [-0.2, -0.15) is 0 Å². The van der Waals surface area contributed by atoms with E-state index in [0.717, 1.165) is 12.8 Å². The predicted molar refractivity (Wildman–Crippen MR) is 56.6 cm³/mol. The Morgan fingerprint density at radius 1 is 1.40 bits per heavy atom. The second kappa shape index (κ2) is 5.73. The van der Waals surface area contributed by atoms with E-state index in [9.17, 15) is 4.39 Å². The highest BCUT2D eigenvalue weighted by atomic mass is 19.1. The number of unbranched alkanes of at least 4 members (excludes halogenated alkanes) is 1. The molecule has 82 valence electrons. The van der Waals surface area contributed by atoms with Gasteiger partial charge in [-0.05, 0) is 12.5 Å². The molecular weight excluding hydrogens is 198 g/mol. The lowest BCUT2D eigenvalue weighted by Gasteiger charge is -2.11. The van der Waals surface area contributed by atoms with Gasteiger partial charge in [0.15, 0.2) is 11.6 Å². The number of ether oxygens (including phenoxy) is 1. The highest BCUT2D eigenvalue weighted by Gasteiger charge is 2.19. The summed E-state index contributed by atoms with van der Waals surface area (Å²) in [5.74, 6) is -0.641. The van der Waals surface area contributed by atoms with Gasteiger partial charge in [-0.25, -0.2) is 4.39 Å². The van der Waals surface area contributed by atoms with E-state index < -0.39 is 12.9 Å². The van der Waals surface area contributed by atoms with Crippen LogP contribution in [0.5, 0.6) is 5.75 Å². The lowest BCUT2D eigenvalue weighted by atomic mass is 9.79. The number of hydrogen-bond donors (Lipinski definition) is 2. The van der Waals surface area contributed by atoms with Crippen LogP contribution in [-0.2, 0) is 0 Å². The van der Waals surface area contributed by atoms with Crippen molar-refractivity contribution in [3.63, 3.8) is 0 Å². The van der Waals surface area contributed by atoms with Crippen LogP contribution in [0.25, 0.3) is 0 Å². The number of halogens is 1. The van der Waals surface area contributed by atoms with Crippen LogP contribution in [0.2, 0.25) is 0 Å². The smallest absolute Gasteiger partial charge is 0.491 e. The molecule has 2 N–H and O–H groups in total. The van der Waals surface area contributed by atoms with Crippen LogP contribution in [0.1, 0.15) is 19.8 Å². The molecule has 0 radical (unpaired) electrons. The van der Waals surface area contributed by atoms with Crippen molar-refractivity contribution in [1.29, 1.82) is 0 Å². The first kappa shape index (κ1) is 12.0. The quantitative estimate of drug-likeness (QED) is 0.557. The summed E-state index contributed by atoms with van der Waals surface area (Å²) in [7, 11) is -1.71. The largest absolute Gasteiger partial charge is 0.492 e. The molecule has 1 aromatic rings. The highest BCUT2D eigenvalue weighted by molar-refractivity contribution is 6.59. The molecule has 0 heterocycles. The monoisotopic (exact) mass is 212 g/mol. The van der Waals surface area contributed by atoms with E-state index in [1.165, 1.54) is 18.2 Å². The maximum absolute atomic E-state index is 13.3. The van der Waals surface area contributed by atoms with Gasteiger partial charge in [-0.15, -0.1) is 0 Å². The predicted octanol–water partition coefficient (Wildman–Crippen LogP) is 0.684. The van der Waals surface area contributed by atoms with Crippen LogP contribution < -0.4 is 10.2 Å². The topological polar surface area (TPSA) is 49.7 Å². The Morgan fingerprint density at radius 2 is 2.13 bits per heavy atom. The molecule has 0 unspecified atom stereocenters. The zero-order chi connectivity index (χ0) is 11.3. The van der Waals surface area contributed by atoms with Crippen LogP contribution >= 0.6 is 0 Å². The van der Waals surface area contributed by atoms with E-state index >= 15 is 0 Å². The summed E-state index contributed by atoms with van der Waals surface area (Å²) in [6.45, 7) is 2.36. The fraction of sp³-hybridized carbons (Fsp3) is 0.400. The Labute approximate surface area is 88.7 Å². The first-order valence-electron chi connectivity index (χ1n) is 4.94. The average Bonchev–Trinajstić information content (AvgIpc) is 2.20. The molecule has 0 amide bonds. The number of para-hydroxylation sites is 1. The number of hydrogen-bond acceptors (Lipinski definition) is 3. The summed E-state index contributed by atoms with van der Waals surface area (Å²) in [5.41, 5.74) is 0.0612. The minimum absolute atomic E-state index is 0.0612. The van der Waals surface area contributed by atoms with Crippen LogP contribution in [-0.4, -0.2) is 23.8 Å². The first-order valence-corrected chi connectivity index (χ1v) is 4.94. The van der Waals surface area contributed by atoms with Crippen LogP contribution in [0.3, 0.4) is 0 Å². The molecule has 0 saturated heterocycles. The normalized spacial score (nSPS) is 10.1. The summed E-state index contributed by atoms with van der Waals surface area (Å²) in [6.07, 6.45) is 1.74. The molecule has 0 saturated carbocycles. The Morgan fingerprint density at radius 3 is 2.73 bits per heavy atom. The molecule has 0 atom stereocenters. The Kier molecular flexibility index (Phi) is 4.58. The summed E-state index contributed by atoms with van der Waals surface area (Å²) in [5, 5.41) is 18.0. The van der Waals surface area contributed by atoms with Gasteiger partial charge in [0, 0.05) is 5.46 Å². The Hall–Kier alpha value is -1.07. The lowest BCUT2D eigenvalue weighted by molar-refractivity contribution is 0.295. The summed E-state index contributed by atoms with van der Waals surface area (Å²) < 4.78 is 18.5. The molecule has 0 spiro atoms. The number of rotatable bonds is 5. The van der Waals surface area contributed by atoms with Gasteiger partial charge in [-0.1, -0.05) is 25.5 Å². The van der Waals surface area contributed by atoms with Crippen molar-refractivity contribution in [2.45, 2.75) is 19.8 Å². The first-order chi connectivity index (χ1) is 7.16. The molecule has 0 aliphatic rings. The summed E-state index contributed by atoms with van der Waals surface area (Å²) in [6, 6.07) is 4.07. The van der Waals surface area contributed by atoms with Gasteiger partial charge < -0.3 is 14.8 Å². The minimum Gasteiger partial charge on any atom is -0.491 e. The van der Waals surface area contributed by atoms with Crippen molar-refractivity contribution in [1.82, 2.24) is 0 Å². The van der Waals surface area contributed by atoms with Crippen LogP contribution in [0.15, 0.2) is 18.2 Å². The molecule has 0 aliphatic carbocycles. The molecule has 15 heavy (non-hydrogen) atoms. The van der Waals surface area contributed by atoms with Crippen LogP contribution in [0, 0.1) is 5.82 Å². The molecular formula is C10H14BFO3. The molecule has 0 aliphatic heterocycles. The third kappa shape index (κ3) is 3.21. The molecule has 3 nitrogen and oxygen atoms in total. The standard InChI is InChI=1S/C10H14BFO3/c1-2-3-7-15-10-8(11(13)14)5-4-6-9(10)12/h4-6,13-14H,2-3,7H2,1H3. The van der Waals surface area contributed by atoms with E-state index in [1.54, 1.807) is 0 Å². The van der Waals surface area contributed by atoms with Crippen molar-refractivity contribution in [3.8, 4) is 5.75 Å². The molecule has 1 rings (SSSR count). The van der Waals surface area contributed by atoms with Gasteiger partial charge in [0.1, 0.15) is 0 Å². The zero-order valence-electron chi connectivity index (χ0n) is 8.61. The summed E-state index contributed by atoms with van der Waals surface area (Å²) in [4.78, 5) is 0. The third-order valence-corrected chi connectivity index (χ3v) is 2.02. The van der Waals surface area contributed by atoms with Crippen molar-refractivity contribution in [2.24, 2.45) is 0 Å². The Balaban J connectivity index is 2.82. The Bertz CT molecular complexity index is 318. The van der Waals surface area contributed by atoms with Crippen molar-refractivity contribution >= 4 is 12.6 Å². The van der Waals surface area contributed by atoms with Gasteiger partial charge in [-0.3, -0.25) is 0 Å². The lowest BCUT2D eigenvalue weighted by Crippen LogP contribution is -2.32. The molecule has 0 fully saturated rings. The van der Waals surface area contributed by atoms with Gasteiger partial charge in [0.2, 0.25) is 0 Å². The summed E-state index contributed by atoms with van der Waals surface area (Å²) >= 11 is 0. The van der Waals surface area contributed by atoms with Crippen molar-refractivity contribution in [3.05, 3.63) is 24.0 Å². The highest BCUT2D eigenvalue weighted by Crippen LogP contribution is 2.14. The van der Waals surface area contributed by atoms with Gasteiger partial charge >= 0.3 is 7.12 Å². The van der Waals surface area contributed by atoms with E-state index in [2.05, 4.69) is 0 Å². The van der Waals surface area contributed by atoms with Gasteiger partial charge in [0.25, 0.3) is 0 Å². The molecule has 1 aromatic carbocycles. The molecule has 0 aromatic heterocycles. The van der Waals surface area contributed by atoms with E-state index in [0.29, 0.717) is 6.61 Å². The fourth-order valence-corrected chi connectivity index (χ4v) is 1.20. The van der Waals surface area contributed by atoms with Crippen molar-refractivity contribution < 1.29 is 19.2 Å². The average molecular weight is 212 g/mol. The van der Waals surface area contributed by atoms with E-state index in [-0.39, 0.29) is 11.2 Å². The third-order valence-electron chi connectivity index (χ3n) is 2.02. The second-order valence-corrected chi connectivity index (χ2v) is 3.23. The minimum atomic E-state index is -1.71. The maximum Gasteiger partial charge on any atom is 0.492 e. The maximum atomic E-state index is 13.3. The SMILES string of the molecule is CCCCOc1c(F)cccc1B(O)O. The zero-order valence-corrected chi connectivity index (χ0v) is 8.61. The fourth-order valence-electron chi connectivity index (χ4n) is 1.20. The van der Waals surface area contributed by atoms with Gasteiger partial charge in [0.05, 0.1) is 6.61 Å². The number of benzene rings is 1.